The second-order valence-corrected chi connectivity index (χ2v) is 4.12. The Morgan fingerprint density at radius 1 is 1.57 bits per heavy atom. The lowest BCUT2D eigenvalue weighted by atomic mass is 10.2. The van der Waals surface area contributed by atoms with Crippen molar-refractivity contribution in [1.82, 2.24) is 0 Å². The molecule has 1 aliphatic rings. The second kappa shape index (κ2) is 3.59. The van der Waals surface area contributed by atoms with E-state index in [1.54, 1.807) is 18.2 Å². The maximum atomic E-state index is 10.8. The van der Waals surface area contributed by atoms with Crippen LogP contribution in [-0.2, 0) is 11.1 Å². The fraction of sp³-hybridized carbons (Fsp3) is 0.333. The topological polar surface area (TPSA) is 49.8 Å². The summed E-state index contributed by atoms with van der Waals surface area (Å²) < 4.78 is 25.2. The fourth-order valence-corrected chi connectivity index (χ4v) is 1.84. The van der Waals surface area contributed by atoms with Gasteiger partial charge in [0.25, 0.3) is 0 Å². The number of fused-ring (bicyclic) bond motifs is 1. The SMILES string of the molecule is CN1CCOc2ccc(S(=O)O)cc21. The Hall–Kier alpha value is -1.07. The molecule has 0 saturated carbocycles. The van der Waals surface area contributed by atoms with Gasteiger partial charge in [-0.1, -0.05) is 0 Å². The van der Waals surface area contributed by atoms with E-state index in [4.69, 9.17) is 9.29 Å². The molecule has 0 spiro atoms. The van der Waals surface area contributed by atoms with Crippen LogP contribution in [0.2, 0.25) is 0 Å². The van der Waals surface area contributed by atoms with Gasteiger partial charge in [0.2, 0.25) is 0 Å². The van der Waals surface area contributed by atoms with Crippen LogP contribution in [0.5, 0.6) is 5.75 Å². The van der Waals surface area contributed by atoms with E-state index in [-0.39, 0.29) is 0 Å². The molecule has 4 nitrogen and oxygen atoms in total. The molecule has 1 aliphatic heterocycles. The third kappa shape index (κ3) is 1.60. The monoisotopic (exact) mass is 213 g/mol. The van der Waals surface area contributed by atoms with E-state index >= 15 is 0 Å². The molecule has 0 aliphatic carbocycles. The quantitative estimate of drug-likeness (QED) is 0.710. The largest absolute Gasteiger partial charge is 0.490 e. The van der Waals surface area contributed by atoms with E-state index in [2.05, 4.69) is 0 Å². The van der Waals surface area contributed by atoms with Gasteiger partial charge in [0.1, 0.15) is 12.4 Å². The highest BCUT2D eigenvalue weighted by atomic mass is 32.2. The van der Waals surface area contributed by atoms with Crippen molar-refractivity contribution in [1.29, 1.82) is 0 Å². The van der Waals surface area contributed by atoms with Crippen LogP contribution >= 0.6 is 0 Å². The fourth-order valence-electron chi connectivity index (χ4n) is 1.44. The van der Waals surface area contributed by atoms with Crippen LogP contribution in [0.15, 0.2) is 23.1 Å². The molecule has 1 N–H and O–H groups in total. The van der Waals surface area contributed by atoms with Gasteiger partial charge in [0, 0.05) is 7.05 Å². The predicted molar refractivity (Wildman–Crippen MR) is 54.2 cm³/mol. The summed E-state index contributed by atoms with van der Waals surface area (Å²) in [5.74, 6) is 0.771. The van der Waals surface area contributed by atoms with Gasteiger partial charge in [-0.25, -0.2) is 4.21 Å². The van der Waals surface area contributed by atoms with Crippen LogP contribution in [0.3, 0.4) is 0 Å². The second-order valence-electron chi connectivity index (χ2n) is 3.15. The lowest BCUT2D eigenvalue weighted by molar-refractivity contribution is 0.311. The molecule has 0 amide bonds. The molecule has 14 heavy (non-hydrogen) atoms. The summed E-state index contributed by atoms with van der Waals surface area (Å²) in [6.07, 6.45) is 0. The van der Waals surface area contributed by atoms with Gasteiger partial charge in [0.05, 0.1) is 17.1 Å². The van der Waals surface area contributed by atoms with Gasteiger partial charge in [-0.15, -0.1) is 0 Å². The first-order chi connectivity index (χ1) is 6.68. The smallest absolute Gasteiger partial charge is 0.186 e. The molecule has 76 valence electrons. The molecule has 1 heterocycles. The average Bonchev–Trinajstić information content (AvgIpc) is 2.18. The third-order valence-electron chi connectivity index (χ3n) is 2.23. The van der Waals surface area contributed by atoms with E-state index in [9.17, 15) is 4.21 Å². The van der Waals surface area contributed by atoms with E-state index in [1.165, 1.54) is 0 Å². The summed E-state index contributed by atoms with van der Waals surface area (Å²) in [5, 5.41) is 0. The molecule has 0 saturated heterocycles. The lowest BCUT2D eigenvalue weighted by Crippen LogP contribution is -2.28. The summed E-state index contributed by atoms with van der Waals surface area (Å²) in [7, 11) is 1.94. The van der Waals surface area contributed by atoms with Crippen LogP contribution < -0.4 is 9.64 Å². The zero-order valence-electron chi connectivity index (χ0n) is 7.77. The van der Waals surface area contributed by atoms with Crippen molar-refractivity contribution in [2.75, 3.05) is 25.1 Å². The Kier molecular flexibility index (Phi) is 2.43. The van der Waals surface area contributed by atoms with Gasteiger partial charge >= 0.3 is 0 Å². The third-order valence-corrected chi connectivity index (χ3v) is 2.88. The zero-order chi connectivity index (χ0) is 10.1. The van der Waals surface area contributed by atoms with Crippen LogP contribution in [0.1, 0.15) is 0 Å². The van der Waals surface area contributed by atoms with Crippen molar-refractivity contribution < 1.29 is 13.5 Å². The number of anilines is 1. The number of hydrogen-bond acceptors (Lipinski definition) is 3. The summed E-state index contributed by atoms with van der Waals surface area (Å²) in [6, 6.07) is 5.02. The Balaban J connectivity index is 2.45. The standard InChI is InChI=1S/C9H11NO3S/c1-10-4-5-13-9-3-2-7(14(11)12)6-8(9)10/h2-3,6H,4-5H2,1H3,(H,11,12). The van der Waals surface area contributed by atoms with Gasteiger partial charge in [-0.3, -0.25) is 0 Å². The minimum Gasteiger partial charge on any atom is -0.490 e. The number of hydrogen-bond donors (Lipinski definition) is 1. The molecule has 1 aromatic rings. The molecule has 0 fully saturated rings. The Labute approximate surface area is 84.8 Å². The predicted octanol–water partition coefficient (Wildman–Crippen LogP) is 1.10. The van der Waals surface area contributed by atoms with Crippen molar-refractivity contribution in [3.63, 3.8) is 0 Å². The molecule has 1 atom stereocenters. The van der Waals surface area contributed by atoms with Gasteiger partial charge in [-0.05, 0) is 18.2 Å². The maximum Gasteiger partial charge on any atom is 0.186 e. The summed E-state index contributed by atoms with van der Waals surface area (Å²) >= 11 is -1.92. The Morgan fingerprint density at radius 3 is 3.07 bits per heavy atom. The highest BCUT2D eigenvalue weighted by molar-refractivity contribution is 7.79. The van der Waals surface area contributed by atoms with Gasteiger partial charge in [0.15, 0.2) is 11.1 Å². The lowest BCUT2D eigenvalue weighted by Gasteiger charge is -2.27. The summed E-state index contributed by atoms with van der Waals surface area (Å²) in [5.41, 5.74) is 0.871. The molecular formula is C9H11NO3S. The minimum atomic E-state index is -1.92. The highest BCUT2D eigenvalue weighted by Gasteiger charge is 2.16. The molecule has 0 aromatic heterocycles. The summed E-state index contributed by atoms with van der Waals surface area (Å²) in [4.78, 5) is 2.41. The zero-order valence-corrected chi connectivity index (χ0v) is 8.58. The van der Waals surface area contributed by atoms with Crippen molar-refractivity contribution in [2.45, 2.75) is 4.90 Å². The Morgan fingerprint density at radius 2 is 2.36 bits per heavy atom. The number of benzene rings is 1. The number of ether oxygens (including phenoxy) is 1. The molecule has 0 radical (unpaired) electrons. The molecule has 1 aromatic carbocycles. The van der Waals surface area contributed by atoms with Gasteiger partial charge in [-0.2, -0.15) is 0 Å². The first kappa shape index (κ1) is 9.48. The van der Waals surface area contributed by atoms with Crippen molar-refractivity contribution in [2.24, 2.45) is 0 Å². The van der Waals surface area contributed by atoms with Crippen LogP contribution in [0.25, 0.3) is 0 Å². The van der Waals surface area contributed by atoms with E-state index in [0.29, 0.717) is 11.5 Å². The molecule has 1 unspecified atom stereocenters. The van der Waals surface area contributed by atoms with Crippen LogP contribution in [-0.4, -0.2) is 29.0 Å². The number of rotatable bonds is 1. The van der Waals surface area contributed by atoms with E-state index < -0.39 is 11.1 Å². The van der Waals surface area contributed by atoms with Crippen molar-refractivity contribution in [3.8, 4) is 5.75 Å². The number of likely N-dealkylation sites (N-methyl/N-ethyl adjacent to an activating group) is 1. The van der Waals surface area contributed by atoms with Crippen LogP contribution in [0, 0.1) is 0 Å². The highest BCUT2D eigenvalue weighted by Crippen LogP contribution is 2.31. The first-order valence-corrected chi connectivity index (χ1v) is 5.38. The van der Waals surface area contributed by atoms with E-state index in [1.807, 2.05) is 11.9 Å². The van der Waals surface area contributed by atoms with Gasteiger partial charge < -0.3 is 14.2 Å². The minimum absolute atomic E-state index is 0.404. The van der Waals surface area contributed by atoms with Crippen LogP contribution in [0.4, 0.5) is 5.69 Å². The van der Waals surface area contributed by atoms with Crippen molar-refractivity contribution in [3.05, 3.63) is 18.2 Å². The van der Waals surface area contributed by atoms with E-state index in [0.717, 1.165) is 18.0 Å². The Bertz CT molecular complexity index is 380. The number of nitrogens with zero attached hydrogens (tertiary/aromatic N) is 1. The summed E-state index contributed by atoms with van der Waals surface area (Å²) in [6.45, 7) is 1.46. The first-order valence-electron chi connectivity index (χ1n) is 4.27. The molecule has 0 bridgehead atoms. The van der Waals surface area contributed by atoms with Crippen molar-refractivity contribution >= 4 is 16.8 Å². The molecule has 2 rings (SSSR count). The average molecular weight is 213 g/mol. The molecule has 5 heteroatoms. The normalized spacial score (nSPS) is 17.1. The maximum absolute atomic E-state index is 10.8. The molecular weight excluding hydrogens is 202 g/mol.